The summed E-state index contributed by atoms with van der Waals surface area (Å²) in [7, 11) is 1.52. The van der Waals surface area contributed by atoms with E-state index in [4.69, 9.17) is 9.84 Å². The van der Waals surface area contributed by atoms with Crippen LogP contribution >= 0.6 is 0 Å². The highest BCUT2D eigenvalue weighted by atomic mass is 16.5. The van der Waals surface area contributed by atoms with Gasteiger partial charge in [-0.3, -0.25) is 4.79 Å². The van der Waals surface area contributed by atoms with Crippen LogP contribution in [0.4, 0.5) is 0 Å². The fourth-order valence-corrected chi connectivity index (χ4v) is 2.59. The van der Waals surface area contributed by atoms with E-state index in [1.165, 1.54) is 13.2 Å². The van der Waals surface area contributed by atoms with E-state index in [1.807, 2.05) is 13.8 Å². The maximum Gasteiger partial charge on any atom is 0.307 e. The number of rotatable bonds is 3. The number of aliphatic carboxylic acids is 1. The maximum atomic E-state index is 11.1. The van der Waals surface area contributed by atoms with Gasteiger partial charge in [0.2, 0.25) is 0 Å². The summed E-state index contributed by atoms with van der Waals surface area (Å²) in [4.78, 5) is 11.1. The van der Waals surface area contributed by atoms with Gasteiger partial charge in [0.1, 0.15) is 11.5 Å². The second-order valence-electron chi connectivity index (χ2n) is 5.04. The number of ether oxygens (including phenoxy) is 1. The van der Waals surface area contributed by atoms with Gasteiger partial charge in [0, 0.05) is 12.0 Å². The van der Waals surface area contributed by atoms with Gasteiger partial charge >= 0.3 is 5.97 Å². The topological polar surface area (TPSA) is 66.8 Å². The molecule has 0 radical (unpaired) electrons. The average Bonchev–Trinajstić information content (AvgIpc) is 2.81. The Bertz CT molecular complexity index is 464. The van der Waals surface area contributed by atoms with E-state index in [1.54, 1.807) is 12.1 Å². The molecular formula is C13H16O4. The number of methoxy groups -OCH3 is 1. The molecule has 2 rings (SSSR count). The van der Waals surface area contributed by atoms with E-state index in [9.17, 15) is 9.90 Å². The standard InChI is InChI=1S/C13H16O4/c1-13(2)10(11(13)12(15)16)8-5-4-7(17-3)6-9(8)14/h4-6,10-11,14H,1-3H3,(H,15,16)/t10-,11+/m0/s1. The molecule has 0 aliphatic heterocycles. The first-order chi connectivity index (χ1) is 7.89. The number of carboxylic acid groups (broad SMARTS) is 1. The van der Waals surface area contributed by atoms with Crippen LogP contribution in [0.25, 0.3) is 0 Å². The molecule has 0 amide bonds. The molecule has 0 spiro atoms. The van der Waals surface area contributed by atoms with Gasteiger partial charge in [0.25, 0.3) is 0 Å². The van der Waals surface area contributed by atoms with Crippen molar-refractivity contribution < 1.29 is 19.7 Å². The predicted octanol–water partition coefficient (Wildman–Crippen LogP) is 2.23. The van der Waals surface area contributed by atoms with Gasteiger partial charge in [0.15, 0.2) is 0 Å². The molecule has 1 fully saturated rings. The van der Waals surface area contributed by atoms with Crippen LogP contribution in [-0.4, -0.2) is 23.3 Å². The zero-order valence-corrected chi connectivity index (χ0v) is 10.1. The van der Waals surface area contributed by atoms with Crippen molar-refractivity contribution in [2.24, 2.45) is 11.3 Å². The highest BCUT2D eigenvalue weighted by molar-refractivity contribution is 5.78. The Balaban J connectivity index is 2.34. The van der Waals surface area contributed by atoms with E-state index in [0.717, 1.165) is 0 Å². The van der Waals surface area contributed by atoms with Crippen LogP contribution < -0.4 is 4.74 Å². The Kier molecular flexibility index (Phi) is 2.53. The Hall–Kier alpha value is -1.71. The number of phenolic OH excluding ortho intramolecular Hbond substituents is 1. The van der Waals surface area contributed by atoms with E-state index in [0.29, 0.717) is 11.3 Å². The first kappa shape index (κ1) is 11.8. The maximum absolute atomic E-state index is 11.1. The molecule has 1 aromatic rings. The number of benzene rings is 1. The third-order valence-electron chi connectivity index (χ3n) is 3.67. The summed E-state index contributed by atoms with van der Waals surface area (Å²) in [6.07, 6.45) is 0. The lowest BCUT2D eigenvalue weighted by atomic mass is 10.0. The van der Waals surface area contributed by atoms with Gasteiger partial charge in [-0.1, -0.05) is 19.9 Å². The van der Waals surface area contributed by atoms with Gasteiger partial charge in [0.05, 0.1) is 13.0 Å². The van der Waals surface area contributed by atoms with Gasteiger partial charge in [-0.15, -0.1) is 0 Å². The molecule has 17 heavy (non-hydrogen) atoms. The Labute approximate surface area is 99.8 Å². The Morgan fingerprint density at radius 2 is 2.06 bits per heavy atom. The smallest absolute Gasteiger partial charge is 0.307 e. The normalized spacial score (nSPS) is 25.4. The van der Waals surface area contributed by atoms with E-state index >= 15 is 0 Å². The minimum absolute atomic E-state index is 0.103. The van der Waals surface area contributed by atoms with Crippen LogP contribution in [0.15, 0.2) is 18.2 Å². The summed E-state index contributed by atoms with van der Waals surface area (Å²) in [5, 5.41) is 19.0. The Morgan fingerprint density at radius 3 is 2.47 bits per heavy atom. The molecule has 2 N–H and O–H groups in total. The third-order valence-corrected chi connectivity index (χ3v) is 3.67. The van der Waals surface area contributed by atoms with Crippen LogP contribution in [0.1, 0.15) is 25.3 Å². The number of phenols is 1. The van der Waals surface area contributed by atoms with Gasteiger partial charge < -0.3 is 14.9 Å². The van der Waals surface area contributed by atoms with Crippen molar-refractivity contribution in [3.8, 4) is 11.5 Å². The molecule has 1 saturated carbocycles. The zero-order valence-electron chi connectivity index (χ0n) is 10.1. The molecular weight excluding hydrogens is 220 g/mol. The lowest BCUT2D eigenvalue weighted by molar-refractivity contribution is -0.139. The van der Waals surface area contributed by atoms with Crippen molar-refractivity contribution >= 4 is 5.97 Å². The fourth-order valence-electron chi connectivity index (χ4n) is 2.59. The van der Waals surface area contributed by atoms with Crippen LogP contribution in [0.2, 0.25) is 0 Å². The average molecular weight is 236 g/mol. The summed E-state index contributed by atoms with van der Waals surface area (Å²) in [5.41, 5.74) is 0.376. The van der Waals surface area contributed by atoms with Crippen molar-refractivity contribution in [3.05, 3.63) is 23.8 Å². The number of carboxylic acids is 1. The van der Waals surface area contributed by atoms with Crippen molar-refractivity contribution in [1.82, 2.24) is 0 Å². The van der Waals surface area contributed by atoms with Crippen LogP contribution in [0, 0.1) is 11.3 Å². The largest absolute Gasteiger partial charge is 0.508 e. The second-order valence-corrected chi connectivity index (χ2v) is 5.04. The monoisotopic (exact) mass is 236 g/mol. The van der Waals surface area contributed by atoms with E-state index in [-0.39, 0.29) is 17.1 Å². The molecule has 1 aliphatic carbocycles. The number of aromatic hydroxyl groups is 1. The Morgan fingerprint density at radius 1 is 1.41 bits per heavy atom. The summed E-state index contributed by atoms with van der Waals surface area (Å²) in [5.74, 6) is -0.703. The molecule has 0 unspecified atom stereocenters. The molecule has 0 aromatic heterocycles. The first-order valence-corrected chi connectivity index (χ1v) is 5.49. The van der Waals surface area contributed by atoms with Crippen LogP contribution in [0.3, 0.4) is 0 Å². The summed E-state index contributed by atoms with van der Waals surface area (Å²) in [6, 6.07) is 4.99. The molecule has 1 aliphatic rings. The van der Waals surface area contributed by atoms with Gasteiger partial charge in [-0.05, 0) is 17.0 Å². The minimum Gasteiger partial charge on any atom is -0.508 e. The highest BCUT2D eigenvalue weighted by Crippen LogP contribution is 2.65. The molecule has 0 bridgehead atoms. The van der Waals surface area contributed by atoms with Crippen LogP contribution in [0.5, 0.6) is 11.5 Å². The van der Waals surface area contributed by atoms with Gasteiger partial charge in [-0.2, -0.15) is 0 Å². The number of carbonyl (C=O) groups is 1. The van der Waals surface area contributed by atoms with Gasteiger partial charge in [-0.25, -0.2) is 0 Å². The molecule has 4 heteroatoms. The SMILES string of the molecule is COc1ccc([C@H]2[C@H](C(=O)O)C2(C)C)c(O)c1. The second kappa shape index (κ2) is 3.65. The number of hydrogen-bond acceptors (Lipinski definition) is 3. The zero-order chi connectivity index (χ0) is 12.8. The summed E-state index contributed by atoms with van der Waals surface area (Å²) < 4.78 is 5.00. The van der Waals surface area contributed by atoms with Crippen molar-refractivity contribution in [1.29, 1.82) is 0 Å². The lowest BCUT2D eigenvalue weighted by Crippen LogP contribution is -2.03. The summed E-state index contributed by atoms with van der Waals surface area (Å²) in [6.45, 7) is 3.81. The minimum atomic E-state index is -0.810. The molecule has 92 valence electrons. The van der Waals surface area contributed by atoms with Crippen molar-refractivity contribution in [3.63, 3.8) is 0 Å². The molecule has 4 nitrogen and oxygen atoms in total. The van der Waals surface area contributed by atoms with Crippen molar-refractivity contribution in [2.45, 2.75) is 19.8 Å². The fraction of sp³-hybridized carbons (Fsp3) is 0.462. The van der Waals surface area contributed by atoms with Crippen LogP contribution in [-0.2, 0) is 4.79 Å². The molecule has 0 heterocycles. The molecule has 0 saturated heterocycles. The molecule has 2 atom stereocenters. The number of hydrogen-bond donors (Lipinski definition) is 2. The quantitative estimate of drug-likeness (QED) is 0.844. The predicted molar refractivity (Wildman–Crippen MR) is 62.3 cm³/mol. The lowest BCUT2D eigenvalue weighted by Gasteiger charge is -2.07. The third kappa shape index (κ3) is 1.73. The first-order valence-electron chi connectivity index (χ1n) is 5.49. The van der Waals surface area contributed by atoms with Crippen molar-refractivity contribution in [2.75, 3.05) is 7.11 Å². The highest BCUT2D eigenvalue weighted by Gasteiger charge is 2.63. The van der Waals surface area contributed by atoms with E-state index in [2.05, 4.69) is 0 Å². The van der Waals surface area contributed by atoms with E-state index < -0.39 is 11.9 Å². The molecule has 1 aromatic carbocycles. The summed E-state index contributed by atoms with van der Waals surface area (Å²) >= 11 is 0.